The Balaban J connectivity index is 0.788. The molecule has 2 atom stereocenters. The summed E-state index contributed by atoms with van der Waals surface area (Å²) in [6.07, 6.45) is 4.50. The molecule has 1 aliphatic carbocycles. The molecular formula is C50H64ClFN8O6S. The second kappa shape index (κ2) is 19.8. The van der Waals surface area contributed by atoms with Crippen LogP contribution in [0.2, 0.25) is 5.02 Å². The number of hydrogen-bond donors (Lipinski definition) is 4. The summed E-state index contributed by atoms with van der Waals surface area (Å²) in [7, 11) is -1.86. The zero-order valence-corrected chi connectivity index (χ0v) is 40.9. The number of piperazine rings is 1. The zero-order chi connectivity index (χ0) is 47.8. The minimum Gasteiger partial charge on any atom is -0.489 e. The fourth-order valence-electron chi connectivity index (χ4n) is 11.1. The van der Waals surface area contributed by atoms with Gasteiger partial charge in [0, 0.05) is 86.9 Å². The number of amides is 2. The molecule has 0 radical (unpaired) electrons. The molecule has 67 heavy (non-hydrogen) atoms. The normalized spacial score (nSPS) is 26.2. The number of benzene rings is 3. The Labute approximate surface area is 399 Å². The van der Waals surface area contributed by atoms with Gasteiger partial charge in [-0.05, 0) is 86.3 Å². The molecular weight excluding hydrogens is 895 g/mol. The fourth-order valence-corrected chi connectivity index (χ4v) is 12.3. The van der Waals surface area contributed by atoms with Gasteiger partial charge in [0.25, 0.3) is 0 Å². The molecule has 0 bridgehead atoms. The minimum atomic E-state index is -3.55. The third-order valence-corrected chi connectivity index (χ3v) is 16.7. The van der Waals surface area contributed by atoms with Crippen molar-refractivity contribution in [3.63, 3.8) is 0 Å². The van der Waals surface area contributed by atoms with Gasteiger partial charge in [0.1, 0.15) is 30.0 Å². The van der Waals surface area contributed by atoms with E-state index in [1.807, 2.05) is 0 Å². The maximum absolute atomic E-state index is 16.1. The number of rotatable bonds is 15. The van der Waals surface area contributed by atoms with Crippen LogP contribution < -0.4 is 30.7 Å². The molecule has 3 aromatic carbocycles. The second-order valence-corrected chi connectivity index (χ2v) is 22.5. The van der Waals surface area contributed by atoms with Gasteiger partial charge in [-0.25, -0.2) is 12.8 Å². The summed E-state index contributed by atoms with van der Waals surface area (Å²) < 4.78 is 54.8. The van der Waals surface area contributed by atoms with E-state index in [0.717, 1.165) is 51.1 Å². The molecule has 3 aromatic rings. The van der Waals surface area contributed by atoms with Gasteiger partial charge >= 0.3 is 0 Å². The number of carbonyl (C=O) groups is 2. The minimum absolute atomic E-state index is 0.0133. The number of unbranched alkanes of at least 4 members (excludes halogenated alkanes) is 1. The highest BCUT2D eigenvalue weighted by Gasteiger charge is 2.64. The molecule has 2 unspecified atom stereocenters. The van der Waals surface area contributed by atoms with E-state index >= 15 is 4.39 Å². The molecule has 1 saturated carbocycles. The fraction of sp³-hybridized carbons (Fsp3) is 0.540. The van der Waals surface area contributed by atoms with Gasteiger partial charge < -0.3 is 29.9 Å². The van der Waals surface area contributed by atoms with Gasteiger partial charge in [0.15, 0.2) is 21.4 Å². The summed E-state index contributed by atoms with van der Waals surface area (Å²) in [6.45, 7) is 16.3. The van der Waals surface area contributed by atoms with Gasteiger partial charge in [-0.15, -0.1) is 0 Å². The summed E-state index contributed by atoms with van der Waals surface area (Å²) in [6, 6.07) is 16.5. The van der Waals surface area contributed by atoms with Gasteiger partial charge in [0.05, 0.1) is 33.2 Å². The molecule has 17 heteroatoms. The molecule has 4 heterocycles. The molecule has 5 aliphatic rings. The lowest BCUT2D eigenvalue weighted by Gasteiger charge is -2.63. The first kappa shape index (κ1) is 48.8. The third kappa shape index (κ3) is 9.97. The first-order valence-electron chi connectivity index (χ1n) is 23.6. The number of fused-ring (bicyclic) bond motifs is 1. The quantitative estimate of drug-likeness (QED) is 0.136. The first-order valence-corrected chi connectivity index (χ1v) is 25.6. The molecule has 360 valence electrons. The average Bonchev–Trinajstić information content (AvgIpc) is 3.82. The van der Waals surface area contributed by atoms with Crippen LogP contribution in [0.3, 0.4) is 0 Å². The van der Waals surface area contributed by atoms with Crippen LogP contribution in [0, 0.1) is 39.8 Å². The Kier molecular flexibility index (Phi) is 14.4. The highest BCUT2D eigenvalue weighted by Crippen LogP contribution is 2.55. The van der Waals surface area contributed by atoms with Crippen LogP contribution in [0.5, 0.6) is 17.2 Å². The standard InChI is InChI=1S/C50H64ClFN8O6S/c1-7-67(63,64)35-16-17-40(37(26-35)38-30-58(6)45(62)43-36(38)18-19-54-43)66-41-13-10-12-31(42(41)52)11-8-9-20-59-21-23-60(24-22-59)48-55-28-33(29-56-48)44(61)57-46-49(2,3)47(50(46,4)5)65-34-15-14-32(27-53)39(51)25-34/h10,12-17,25-26,30,33,36,43,46-48,54-56H,7-9,11,18-24,28-29H2,1-6H3,(H,57,61). The Bertz CT molecular complexity index is 2520. The van der Waals surface area contributed by atoms with Crippen molar-refractivity contribution in [3.8, 4) is 23.3 Å². The van der Waals surface area contributed by atoms with Crippen LogP contribution in [-0.4, -0.2) is 125 Å². The van der Waals surface area contributed by atoms with Crippen molar-refractivity contribution in [1.29, 1.82) is 5.26 Å². The van der Waals surface area contributed by atoms with Gasteiger partial charge in [0.2, 0.25) is 11.8 Å². The average molecular weight is 960 g/mol. The molecule has 0 aromatic heterocycles. The van der Waals surface area contributed by atoms with Crippen molar-refractivity contribution in [1.82, 2.24) is 36.0 Å². The van der Waals surface area contributed by atoms with Crippen molar-refractivity contribution < 1.29 is 31.9 Å². The monoisotopic (exact) mass is 958 g/mol. The van der Waals surface area contributed by atoms with E-state index in [1.54, 1.807) is 68.7 Å². The van der Waals surface area contributed by atoms with E-state index in [1.165, 1.54) is 11.0 Å². The zero-order valence-electron chi connectivity index (χ0n) is 39.3. The number of carbonyl (C=O) groups excluding carboxylic acids is 2. The predicted molar refractivity (Wildman–Crippen MR) is 256 cm³/mol. The van der Waals surface area contributed by atoms with Crippen LogP contribution in [0.4, 0.5) is 4.39 Å². The topological polar surface area (TPSA) is 168 Å². The van der Waals surface area contributed by atoms with Crippen molar-refractivity contribution in [3.05, 3.63) is 88.3 Å². The van der Waals surface area contributed by atoms with Crippen LogP contribution in [0.15, 0.2) is 65.7 Å². The summed E-state index contributed by atoms with van der Waals surface area (Å²) >= 11 is 6.27. The summed E-state index contributed by atoms with van der Waals surface area (Å²) in [5, 5.41) is 23.4. The molecule has 3 saturated heterocycles. The number of sulfone groups is 1. The molecule has 8 rings (SSSR count). The Morgan fingerprint density at radius 1 is 0.985 bits per heavy atom. The number of likely N-dealkylation sites (N-methyl/N-ethyl adjacent to an activating group) is 1. The lowest BCUT2D eigenvalue weighted by Crippen LogP contribution is -2.75. The summed E-state index contributed by atoms with van der Waals surface area (Å²) in [5.41, 5.74) is 1.59. The van der Waals surface area contributed by atoms with Crippen molar-refractivity contribution in [2.24, 2.45) is 22.7 Å². The number of hydrogen-bond acceptors (Lipinski definition) is 12. The predicted octanol–water partition coefficient (Wildman–Crippen LogP) is 5.76. The Hall–Kier alpha value is -4.60. The Morgan fingerprint density at radius 2 is 1.72 bits per heavy atom. The number of aryl methyl sites for hydroxylation is 1. The number of nitrogens with one attached hydrogen (secondary N) is 4. The van der Waals surface area contributed by atoms with Crippen LogP contribution >= 0.6 is 11.6 Å². The van der Waals surface area contributed by atoms with E-state index in [-0.39, 0.29) is 69.3 Å². The molecule has 4 aliphatic heterocycles. The van der Waals surface area contributed by atoms with E-state index in [2.05, 4.69) is 64.8 Å². The highest BCUT2D eigenvalue weighted by molar-refractivity contribution is 7.91. The number of nitrogens with zero attached hydrogens (tertiary/aromatic N) is 4. The lowest BCUT2D eigenvalue weighted by molar-refractivity contribution is -0.174. The number of halogens is 2. The smallest absolute Gasteiger partial charge is 0.244 e. The maximum atomic E-state index is 16.1. The molecule has 4 N–H and O–H groups in total. The largest absolute Gasteiger partial charge is 0.489 e. The molecule has 2 amide bonds. The van der Waals surface area contributed by atoms with Crippen LogP contribution in [-0.2, 0) is 25.8 Å². The van der Waals surface area contributed by atoms with E-state index in [4.69, 9.17) is 21.1 Å². The molecule has 14 nitrogen and oxygen atoms in total. The SMILES string of the molecule is CCS(=O)(=O)c1ccc(Oc2cccc(CCCCN3CCN(C4NCC(C(=O)NC5C(C)(C)C(Oc6ccc(C#N)c(Cl)c6)C5(C)C)CN4)CC3)c2F)c(C2=CN(C)C(=O)C3NCCC23)c1. The number of ether oxygens (including phenoxy) is 2. The molecule has 4 fully saturated rings. The van der Waals surface area contributed by atoms with Crippen molar-refractivity contribution >= 4 is 38.8 Å². The summed E-state index contributed by atoms with van der Waals surface area (Å²) in [5.74, 6) is 0.0726. The van der Waals surface area contributed by atoms with Crippen LogP contribution in [0.25, 0.3) is 5.57 Å². The van der Waals surface area contributed by atoms with Gasteiger partial charge in [-0.2, -0.15) is 5.26 Å². The maximum Gasteiger partial charge on any atom is 0.244 e. The number of nitriles is 1. The summed E-state index contributed by atoms with van der Waals surface area (Å²) in [4.78, 5) is 33.1. The van der Waals surface area contributed by atoms with Gasteiger partial charge in [-0.3, -0.25) is 25.1 Å². The molecule has 0 spiro atoms. The van der Waals surface area contributed by atoms with Crippen molar-refractivity contribution in [2.75, 3.05) is 65.2 Å². The van der Waals surface area contributed by atoms with E-state index < -0.39 is 21.7 Å². The second-order valence-electron chi connectivity index (χ2n) is 19.8. The van der Waals surface area contributed by atoms with E-state index in [9.17, 15) is 23.3 Å². The van der Waals surface area contributed by atoms with Crippen LogP contribution in [0.1, 0.15) is 70.6 Å². The van der Waals surface area contributed by atoms with Gasteiger partial charge in [-0.1, -0.05) is 58.4 Å². The Morgan fingerprint density at radius 3 is 2.40 bits per heavy atom. The van der Waals surface area contributed by atoms with Crippen molar-refractivity contribution in [2.45, 2.75) is 89.7 Å². The lowest BCUT2D eigenvalue weighted by atomic mass is 9.49. The van der Waals surface area contributed by atoms with E-state index in [0.29, 0.717) is 65.7 Å². The highest BCUT2D eigenvalue weighted by atomic mass is 35.5. The first-order chi connectivity index (χ1) is 31.9. The third-order valence-electron chi connectivity index (χ3n) is 14.7.